The van der Waals surface area contributed by atoms with Crippen LogP contribution in [0.2, 0.25) is 0 Å². The van der Waals surface area contributed by atoms with Crippen molar-refractivity contribution in [2.75, 3.05) is 40.3 Å². The molecule has 23 heavy (non-hydrogen) atoms. The van der Waals surface area contributed by atoms with Gasteiger partial charge in [-0.25, -0.2) is 0 Å². The maximum atomic E-state index is 4.33. The van der Waals surface area contributed by atoms with Crippen LogP contribution in [-0.4, -0.2) is 51.1 Å². The van der Waals surface area contributed by atoms with Crippen LogP contribution < -0.4 is 10.6 Å². The summed E-state index contributed by atoms with van der Waals surface area (Å²) >= 11 is 0. The highest BCUT2D eigenvalue weighted by atomic mass is 127. The van der Waals surface area contributed by atoms with Crippen LogP contribution in [0.3, 0.4) is 0 Å². The SMILES string of the molecule is CCCCCCCCCNC(=NC)NCC1CCN(C)CC1.I. The summed E-state index contributed by atoms with van der Waals surface area (Å²) in [5.74, 6) is 1.78. The molecule has 138 valence electrons. The molecule has 0 aromatic heterocycles. The summed E-state index contributed by atoms with van der Waals surface area (Å²) in [4.78, 5) is 6.75. The monoisotopic (exact) mass is 438 g/mol. The molecular formula is C18H39IN4. The molecular weight excluding hydrogens is 399 g/mol. The fourth-order valence-corrected chi connectivity index (χ4v) is 3.02. The molecule has 0 aliphatic carbocycles. The van der Waals surface area contributed by atoms with Crippen molar-refractivity contribution in [3.8, 4) is 0 Å². The lowest BCUT2D eigenvalue weighted by Gasteiger charge is -2.29. The number of rotatable bonds is 10. The van der Waals surface area contributed by atoms with Gasteiger partial charge in [-0.05, 0) is 45.3 Å². The van der Waals surface area contributed by atoms with Gasteiger partial charge in [-0.3, -0.25) is 4.99 Å². The van der Waals surface area contributed by atoms with Crippen LogP contribution in [0.1, 0.15) is 64.7 Å². The predicted octanol–water partition coefficient (Wildman–Crippen LogP) is 3.86. The van der Waals surface area contributed by atoms with Gasteiger partial charge in [0.2, 0.25) is 0 Å². The zero-order valence-corrected chi connectivity index (χ0v) is 17.9. The van der Waals surface area contributed by atoms with E-state index in [1.54, 1.807) is 0 Å². The maximum absolute atomic E-state index is 4.33. The Hall–Kier alpha value is -0.0400. The van der Waals surface area contributed by atoms with Gasteiger partial charge in [0.1, 0.15) is 0 Å². The van der Waals surface area contributed by atoms with Crippen LogP contribution in [0.5, 0.6) is 0 Å². The van der Waals surface area contributed by atoms with Crippen molar-refractivity contribution in [1.82, 2.24) is 15.5 Å². The lowest BCUT2D eigenvalue weighted by Crippen LogP contribution is -2.42. The minimum absolute atomic E-state index is 0. The van der Waals surface area contributed by atoms with Gasteiger partial charge in [0.05, 0.1) is 0 Å². The second-order valence-corrected chi connectivity index (χ2v) is 6.75. The van der Waals surface area contributed by atoms with Crippen molar-refractivity contribution < 1.29 is 0 Å². The van der Waals surface area contributed by atoms with E-state index in [2.05, 4.69) is 34.5 Å². The van der Waals surface area contributed by atoms with Crippen molar-refractivity contribution in [2.24, 2.45) is 10.9 Å². The molecule has 5 heteroatoms. The molecule has 0 radical (unpaired) electrons. The Balaban J connectivity index is 0.00000484. The number of hydrogen-bond acceptors (Lipinski definition) is 2. The number of nitrogens with one attached hydrogen (secondary N) is 2. The van der Waals surface area contributed by atoms with Crippen molar-refractivity contribution in [3.05, 3.63) is 0 Å². The van der Waals surface area contributed by atoms with Crippen LogP contribution in [0, 0.1) is 5.92 Å². The van der Waals surface area contributed by atoms with E-state index < -0.39 is 0 Å². The molecule has 4 nitrogen and oxygen atoms in total. The molecule has 2 N–H and O–H groups in total. The summed E-state index contributed by atoms with van der Waals surface area (Å²) in [6, 6.07) is 0. The summed E-state index contributed by atoms with van der Waals surface area (Å²) in [5, 5.41) is 6.94. The molecule has 0 bridgehead atoms. The zero-order chi connectivity index (χ0) is 16.0. The first kappa shape index (κ1) is 23.0. The Kier molecular flexibility index (Phi) is 15.5. The molecule has 1 rings (SSSR count). The molecule has 1 aliphatic rings. The van der Waals surface area contributed by atoms with E-state index in [-0.39, 0.29) is 24.0 Å². The molecule has 1 aliphatic heterocycles. The second-order valence-electron chi connectivity index (χ2n) is 6.75. The Morgan fingerprint density at radius 1 is 1.00 bits per heavy atom. The number of aliphatic imine (C=N–C) groups is 1. The number of guanidine groups is 1. The molecule has 0 saturated carbocycles. The molecule has 1 heterocycles. The molecule has 0 atom stereocenters. The van der Waals surface area contributed by atoms with Gasteiger partial charge in [-0.2, -0.15) is 0 Å². The summed E-state index contributed by atoms with van der Waals surface area (Å²) in [5.41, 5.74) is 0. The van der Waals surface area contributed by atoms with E-state index in [9.17, 15) is 0 Å². The van der Waals surface area contributed by atoms with Crippen LogP contribution in [0.4, 0.5) is 0 Å². The summed E-state index contributed by atoms with van der Waals surface area (Å²) in [7, 11) is 4.08. The van der Waals surface area contributed by atoms with Crippen molar-refractivity contribution >= 4 is 29.9 Å². The minimum Gasteiger partial charge on any atom is -0.356 e. The van der Waals surface area contributed by atoms with Crippen LogP contribution in [-0.2, 0) is 0 Å². The van der Waals surface area contributed by atoms with Gasteiger partial charge in [0, 0.05) is 20.1 Å². The molecule has 0 unspecified atom stereocenters. The van der Waals surface area contributed by atoms with E-state index in [0.717, 1.165) is 25.0 Å². The van der Waals surface area contributed by atoms with E-state index in [0.29, 0.717) is 0 Å². The largest absolute Gasteiger partial charge is 0.356 e. The number of hydrogen-bond donors (Lipinski definition) is 2. The van der Waals surface area contributed by atoms with E-state index in [1.165, 1.54) is 70.9 Å². The minimum atomic E-state index is 0. The quantitative estimate of drug-likeness (QED) is 0.236. The van der Waals surface area contributed by atoms with Crippen molar-refractivity contribution in [2.45, 2.75) is 64.7 Å². The van der Waals surface area contributed by atoms with E-state index in [4.69, 9.17) is 0 Å². The third kappa shape index (κ3) is 12.0. The average molecular weight is 438 g/mol. The van der Waals surface area contributed by atoms with Gasteiger partial charge in [0.25, 0.3) is 0 Å². The lowest BCUT2D eigenvalue weighted by atomic mass is 9.97. The first-order valence-electron chi connectivity index (χ1n) is 9.39. The second kappa shape index (κ2) is 15.5. The Morgan fingerprint density at radius 2 is 1.61 bits per heavy atom. The van der Waals surface area contributed by atoms with Gasteiger partial charge in [-0.1, -0.05) is 45.4 Å². The van der Waals surface area contributed by atoms with Gasteiger partial charge in [0.15, 0.2) is 5.96 Å². The first-order valence-corrected chi connectivity index (χ1v) is 9.39. The maximum Gasteiger partial charge on any atom is 0.190 e. The summed E-state index contributed by atoms with van der Waals surface area (Å²) < 4.78 is 0. The number of likely N-dealkylation sites (tertiary alicyclic amines) is 1. The van der Waals surface area contributed by atoms with Crippen molar-refractivity contribution in [3.63, 3.8) is 0 Å². The highest BCUT2D eigenvalue weighted by molar-refractivity contribution is 14.0. The highest BCUT2D eigenvalue weighted by Crippen LogP contribution is 2.14. The zero-order valence-electron chi connectivity index (χ0n) is 15.6. The average Bonchev–Trinajstić information content (AvgIpc) is 2.54. The lowest BCUT2D eigenvalue weighted by molar-refractivity contribution is 0.220. The number of halogens is 1. The van der Waals surface area contributed by atoms with Gasteiger partial charge >= 0.3 is 0 Å². The number of unbranched alkanes of at least 4 members (excludes halogenated alkanes) is 6. The molecule has 0 aromatic carbocycles. The number of nitrogens with zero attached hydrogens (tertiary/aromatic N) is 2. The third-order valence-electron chi connectivity index (χ3n) is 4.69. The molecule has 0 aromatic rings. The fraction of sp³-hybridized carbons (Fsp3) is 0.944. The smallest absolute Gasteiger partial charge is 0.190 e. The Bertz CT molecular complexity index is 289. The molecule has 0 spiro atoms. The van der Waals surface area contributed by atoms with Crippen LogP contribution in [0.15, 0.2) is 4.99 Å². The van der Waals surface area contributed by atoms with E-state index >= 15 is 0 Å². The van der Waals surface area contributed by atoms with Crippen LogP contribution in [0.25, 0.3) is 0 Å². The summed E-state index contributed by atoms with van der Waals surface area (Å²) in [6.45, 7) is 6.84. The summed E-state index contributed by atoms with van der Waals surface area (Å²) in [6.07, 6.45) is 12.1. The molecule has 0 amide bonds. The van der Waals surface area contributed by atoms with Crippen molar-refractivity contribution in [1.29, 1.82) is 0 Å². The van der Waals surface area contributed by atoms with Gasteiger partial charge in [-0.15, -0.1) is 24.0 Å². The molecule has 1 fully saturated rings. The topological polar surface area (TPSA) is 39.7 Å². The van der Waals surface area contributed by atoms with E-state index in [1.807, 2.05) is 7.05 Å². The first-order chi connectivity index (χ1) is 10.8. The standard InChI is InChI=1S/C18H38N4.HI/c1-4-5-6-7-8-9-10-13-20-18(19-2)21-16-17-11-14-22(3)15-12-17;/h17H,4-16H2,1-3H3,(H2,19,20,21);1H. The number of piperidine rings is 1. The highest BCUT2D eigenvalue weighted by Gasteiger charge is 2.16. The van der Waals surface area contributed by atoms with Crippen LogP contribution >= 0.6 is 24.0 Å². The third-order valence-corrected chi connectivity index (χ3v) is 4.69. The predicted molar refractivity (Wildman–Crippen MR) is 113 cm³/mol. The Morgan fingerprint density at radius 3 is 2.22 bits per heavy atom. The molecule has 1 saturated heterocycles. The fourth-order valence-electron chi connectivity index (χ4n) is 3.02. The Labute approximate surface area is 161 Å². The van der Waals surface area contributed by atoms with Gasteiger partial charge < -0.3 is 15.5 Å². The normalized spacial score (nSPS) is 16.9.